The van der Waals surface area contributed by atoms with E-state index in [9.17, 15) is 8.78 Å². The van der Waals surface area contributed by atoms with Gasteiger partial charge in [0.1, 0.15) is 5.75 Å². The Morgan fingerprint density at radius 1 is 1.30 bits per heavy atom. The van der Waals surface area contributed by atoms with E-state index < -0.39 is 6.61 Å². The maximum Gasteiger partial charge on any atom is 0.387 e. The summed E-state index contributed by atoms with van der Waals surface area (Å²) in [5.41, 5.74) is 1.91. The highest BCUT2D eigenvalue weighted by Crippen LogP contribution is 2.19. The summed E-state index contributed by atoms with van der Waals surface area (Å²) < 4.78 is 30.8. The Bertz CT molecular complexity index is 540. The van der Waals surface area contributed by atoms with E-state index in [1.54, 1.807) is 12.1 Å². The van der Waals surface area contributed by atoms with Crippen LogP contribution in [0, 0.1) is 0 Å². The molecule has 0 radical (unpaired) electrons. The van der Waals surface area contributed by atoms with Crippen LogP contribution in [0.15, 0.2) is 42.7 Å². The van der Waals surface area contributed by atoms with Crippen LogP contribution >= 0.6 is 0 Å². The molecule has 1 aromatic carbocycles. The molecule has 1 N–H and O–H groups in total. The number of ether oxygens (including phenoxy) is 1. The van der Waals surface area contributed by atoms with Gasteiger partial charge < -0.3 is 14.6 Å². The molecular formula is C15H18F2N2O. The van der Waals surface area contributed by atoms with Gasteiger partial charge in [-0.05, 0) is 30.2 Å². The zero-order valence-corrected chi connectivity index (χ0v) is 11.4. The van der Waals surface area contributed by atoms with Gasteiger partial charge in [0.25, 0.3) is 0 Å². The molecular weight excluding hydrogens is 262 g/mol. The molecule has 0 unspecified atom stereocenters. The van der Waals surface area contributed by atoms with Crippen molar-refractivity contribution in [3.05, 3.63) is 48.3 Å². The predicted octanol–water partition coefficient (Wildman–Crippen LogP) is 4.11. The standard InChI is InChI=1S/C15H18F2N2O/c1-2-7-19-8-6-12(11-19)10-18-13-4-3-5-14(9-13)20-15(16)17/h3-6,8-9,11,15,18H,2,7,10H2,1H3. The average Bonchev–Trinajstić information content (AvgIpc) is 2.84. The highest BCUT2D eigenvalue weighted by atomic mass is 19.3. The summed E-state index contributed by atoms with van der Waals surface area (Å²) in [5, 5.41) is 3.19. The molecule has 0 amide bonds. The Balaban J connectivity index is 1.92. The number of hydrogen-bond donors (Lipinski definition) is 1. The van der Waals surface area contributed by atoms with Crippen molar-refractivity contribution in [3.8, 4) is 5.75 Å². The van der Waals surface area contributed by atoms with Crippen molar-refractivity contribution in [3.63, 3.8) is 0 Å². The summed E-state index contributed by atoms with van der Waals surface area (Å²) in [7, 11) is 0. The summed E-state index contributed by atoms with van der Waals surface area (Å²) in [6.07, 6.45) is 5.21. The van der Waals surface area contributed by atoms with Crippen molar-refractivity contribution in [2.75, 3.05) is 5.32 Å². The number of alkyl halides is 2. The normalized spacial score (nSPS) is 10.8. The molecule has 5 heteroatoms. The number of anilines is 1. The van der Waals surface area contributed by atoms with Crippen LogP contribution in [-0.2, 0) is 13.1 Å². The average molecular weight is 280 g/mol. The Morgan fingerprint density at radius 3 is 2.90 bits per heavy atom. The smallest absolute Gasteiger partial charge is 0.387 e. The minimum Gasteiger partial charge on any atom is -0.435 e. The maximum absolute atomic E-state index is 12.1. The molecule has 0 spiro atoms. The van der Waals surface area contributed by atoms with Crippen LogP contribution in [0.3, 0.4) is 0 Å². The third-order valence-electron chi connectivity index (χ3n) is 2.85. The number of aromatic nitrogens is 1. The third-order valence-corrected chi connectivity index (χ3v) is 2.85. The number of rotatable bonds is 7. The monoisotopic (exact) mass is 280 g/mol. The number of hydrogen-bond acceptors (Lipinski definition) is 2. The SMILES string of the molecule is CCCn1ccc(CNc2cccc(OC(F)F)c2)c1. The van der Waals surface area contributed by atoms with Crippen LogP contribution in [0.1, 0.15) is 18.9 Å². The lowest BCUT2D eigenvalue weighted by molar-refractivity contribution is -0.0498. The summed E-state index contributed by atoms with van der Waals surface area (Å²) in [6.45, 7) is 0.979. The van der Waals surface area contributed by atoms with Gasteiger partial charge in [-0.1, -0.05) is 13.0 Å². The molecule has 0 aliphatic rings. The minimum absolute atomic E-state index is 0.161. The highest BCUT2D eigenvalue weighted by molar-refractivity contribution is 5.48. The van der Waals surface area contributed by atoms with Crippen LogP contribution in [0.4, 0.5) is 14.5 Å². The van der Waals surface area contributed by atoms with Crippen molar-refractivity contribution < 1.29 is 13.5 Å². The van der Waals surface area contributed by atoms with Gasteiger partial charge in [0, 0.05) is 37.2 Å². The Labute approximate surface area is 117 Å². The van der Waals surface area contributed by atoms with Crippen molar-refractivity contribution in [1.29, 1.82) is 0 Å². The van der Waals surface area contributed by atoms with Crippen molar-refractivity contribution >= 4 is 5.69 Å². The van der Waals surface area contributed by atoms with Gasteiger partial charge in [0.05, 0.1) is 0 Å². The molecule has 1 aromatic heterocycles. The fourth-order valence-electron chi connectivity index (χ4n) is 1.98. The Morgan fingerprint density at radius 2 is 2.15 bits per heavy atom. The van der Waals surface area contributed by atoms with E-state index in [4.69, 9.17) is 0 Å². The topological polar surface area (TPSA) is 26.2 Å². The molecule has 1 heterocycles. The molecule has 3 nitrogen and oxygen atoms in total. The van der Waals surface area contributed by atoms with E-state index in [1.165, 1.54) is 6.07 Å². The molecule has 2 rings (SSSR count). The lowest BCUT2D eigenvalue weighted by Crippen LogP contribution is -2.03. The molecule has 108 valence electrons. The van der Waals surface area contributed by atoms with Gasteiger partial charge in [0.2, 0.25) is 0 Å². The second kappa shape index (κ2) is 6.93. The fraction of sp³-hybridized carbons (Fsp3) is 0.333. The summed E-state index contributed by atoms with van der Waals surface area (Å²) in [5.74, 6) is 0.161. The van der Waals surface area contributed by atoms with Crippen LogP contribution in [0.5, 0.6) is 5.75 Å². The highest BCUT2D eigenvalue weighted by Gasteiger charge is 2.04. The van der Waals surface area contributed by atoms with E-state index in [-0.39, 0.29) is 5.75 Å². The number of halogens is 2. The number of nitrogens with one attached hydrogen (secondary N) is 1. The molecule has 0 fully saturated rings. The van der Waals surface area contributed by atoms with E-state index >= 15 is 0 Å². The Hall–Kier alpha value is -2.04. The largest absolute Gasteiger partial charge is 0.435 e. The molecule has 2 aromatic rings. The zero-order chi connectivity index (χ0) is 14.4. The van der Waals surface area contributed by atoms with Crippen molar-refractivity contribution in [2.45, 2.75) is 33.0 Å². The first-order chi connectivity index (χ1) is 9.67. The van der Waals surface area contributed by atoms with Crippen molar-refractivity contribution in [2.24, 2.45) is 0 Å². The van der Waals surface area contributed by atoms with Crippen molar-refractivity contribution in [1.82, 2.24) is 4.57 Å². The van der Waals surface area contributed by atoms with Gasteiger partial charge in [0.15, 0.2) is 0 Å². The summed E-state index contributed by atoms with van der Waals surface area (Å²) >= 11 is 0. The van der Waals surface area contributed by atoms with E-state index in [0.29, 0.717) is 6.54 Å². The van der Waals surface area contributed by atoms with Crippen LogP contribution in [0.25, 0.3) is 0 Å². The molecule has 0 aliphatic carbocycles. The van der Waals surface area contributed by atoms with E-state index in [0.717, 1.165) is 24.2 Å². The molecule has 0 bridgehead atoms. The van der Waals surface area contributed by atoms with Gasteiger partial charge in [-0.3, -0.25) is 0 Å². The quantitative estimate of drug-likeness (QED) is 0.826. The predicted molar refractivity (Wildman–Crippen MR) is 75.1 cm³/mol. The number of nitrogens with zero attached hydrogens (tertiary/aromatic N) is 1. The maximum atomic E-state index is 12.1. The van der Waals surface area contributed by atoms with Gasteiger partial charge in [-0.15, -0.1) is 0 Å². The number of aryl methyl sites for hydroxylation is 1. The van der Waals surface area contributed by atoms with E-state index in [2.05, 4.69) is 27.7 Å². The fourth-order valence-corrected chi connectivity index (χ4v) is 1.98. The lowest BCUT2D eigenvalue weighted by Gasteiger charge is -2.08. The third kappa shape index (κ3) is 4.26. The van der Waals surface area contributed by atoms with Gasteiger partial charge in [-0.25, -0.2) is 0 Å². The Kier molecular flexibility index (Phi) is 4.98. The van der Waals surface area contributed by atoms with Crippen LogP contribution < -0.4 is 10.1 Å². The lowest BCUT2D eigenvalue weighted by atomic mass is 10.2. The first-order valence-corrected chi connectivity index (χ1v) is 6.61. The number of benzene rings is 1. The molecule has 20 heavy (non-hydrogen) atoms. The summed E-state index contributed by atoms with van der Waals surface area (Å²) in [6, 6.07) is 8.62. The second-order valence-corrected chi connectivity index (χ2v) is 4.52. The van der Waals surface area contributed by atoms with Gasteiger partial charge in [-0.2, -0.15) is 8.78 Å². The van der Waals surface area contributed by atoms with Crippen LogP contribution in [-0.4, -0.2) is 11.2 Å². The molecule has 0 saturated heterocycles. The zero-order valence-electron chi connectivity index (χ0n) is 11.4. The first kappa shape index (κ1) is 14.4. The van der Waals surface area contributed by atoms with Crippen LogP contribution in [0.2, 0.25) is 0 Å². The summed E-state index contributed by atoms with van der Waals surface area (Å²) in [4.78, 5) is 0. The van der Waals surface area contributed by atoms with E-state index in [1.807, 2.05) is 18.3 Å². The van der Waals surface area contributed by atoms with Gasteiger partial charge >= 0.3 is 6.61 Å². The second-order valence-electron chi connectivity index (χ2n) is 4.52. The minimum atomic E-state index is -2.80. The molecule has 0 aliphatic heterocycles. The first-order valence-electron chi connectivity index (χ1n) is 6.61. The molecule has 0 saturated carbocycles. The molecule has 0 atom stereocenters.